The van der Waals surface area contributed by atoms with Crippen molar-refractivity contribution in [2.75, 3.05) is 6.54 Å². The molecule has 1 aliphatic rings. The summed E-state index contributed by atoms with van der Waals surface area (Å²) in [4.78, 5) is 53.1. The van der Waals surface area contributed by atoms with Crippen molar-refractivity contribution in [1.82, 2.24) is 19.9 Å². The van der Waals surface area contributed by atoms with Crippen molar-refractivity contribution in [2.24, 2.45) is 0 Å². The molecule has 0 fully saturated rings. The normalized spacial score (nSPS) is 11.0. The van der Waals surface area contributed by atoms with Crippen molar-refractivity contribution < 1.29 is 63.9 Å². The van der Waals surface area contributed by atoms with Crippen LogP contribution in [-0.2, 0) is 43.8 Å². The summed E-state index contributed by atoms with van der Waals surface area (Å²) in [6.45, 7) is 11.1. The van der Waals surface area contributed by atoms with Crippen molar-refractivity contribution in [3.8, 4) is 11.5 Å². The van der Waals surface area contributed by atoms with Crippen molar-refractivity contribution in [3.05, 3.63) is 147 Å². The number of para-hydroxylation sites is 4. The van der Waals surface area contributed by atoms with E-state index < -0.39 is 29.1 Å². The minimum atomic E-state index is -1.17. The van der Waals surface area contributed by atoms with Crippen LogP contribution in [-0.4, -0.2) is 54.3 Å². The predicted molar refractivity (Wildman–Crippen MR) is 216 cm³/mol. The molecular formula is C42H44Co2N5O8-. The van der Waals surface area contributed by atoms with Crippen LogP contribution < -0.4 is 21.1 Å². The van der Waals surface area contributed by atoms with Crippen LogP contribution in [0.3, 0.4) is 0 Å². The summed E-state index contributed by atoms with van der Waals surface area (Å²) in [7, 11) is 0. The molecule has 0 spiro atoms. The number of carboxylic acids is 1. The fourth-order valence-electron chi connectivity index (χ4n) is 4.74. The van der Waals surface area contributed by atoms with Gasteiger partial charge in [-0.1, -0.05) is 69.3 Å². The number of phenolic OH excluding ortho intramolecular Hbond substituents is 2. The third-order valence-electron chi connectivity index (χ3n) is 7.29. The molecule has 0 saturated carbocycles. The van der Waals surface area contributed by atoms with E-state index in [0.717, 1.165) is 19.0 Å². The number of hydrogen-bond donors (Lipinski definition) is 5. The zero-order chi connectivity index (χ0) is 40.7. The maximum atomic E-state index is 13.3. The number of aliphatic hydroxyl groups excluding tert-OH is 1. The SMILES string of the molecule is C1=CC[N-]C=C1.CC(=O)O.CC(O)O.Cc1cc2c(O)c(c1)c(=O)[n-]c1ccccc1ncc1cc(C(C)(C)C)cc(cnc3ccccc3[n-]c2=O)c1O.[Co+2].[Co]. The van der Waals surface area contributed by atoms with Gasteiger partial charge in [0.25, 0.3) is 5.97 Å². The molecule has 5 aromatic rings. The molecule has 0 atom stereocenters. The molecule has 2 heterocycles. The quantitative estimate of drug-likeness (QED) is 0.107. The molecule has 0 aliphatic carbocycles. The van der Waals surface area contributed by atoms with E-state index in [1.165, 1.54) is 31.5 Å². The van der Waals surface area contributed by atoms with Gasteiger partial charge in [-0.2, -0.15) is 6.20 Å². The van der Waals surface area contributed by atoms with E-state index in [1.807, 2.05) is 30.4 Å². The second-order valence-corrected chi connectivity index (χ2v) is 13.1. The minimum absolute atomic E-state index is 0. The van der Waals surface area contributed by atoms with E-state index in [0.29, 0.717) is 27.4 Å². The van der Waals surface area contributed by atoms with Crippen LogP contribution in [0.25, 0.3) is 48.9 Å². The Bertz CT molecular complexity index is 2350. The van der Waals surface area contributed by atoms with Gasteiger partial charge < -0.3 is 50.4 Å². The maximum Gasteiger partial charge on any atom is 2.00 e. The van der Waals surface area contributed by atoms with Gasteiger partial charge in [0.2, 0.25) is 0 Å². The largest absolute Gasteiger partial charge is 2.00 e. The molecule has 2 radical (unpaired) electrons. The molecule has 5 N–H and O–H groups in total. The van der Waals surface area contributed by atoms with Crippen molar-refractivity contribution in [1.29, 1.82) is 0 Å². The summed E-state index contributed by atoms with van der Waals surface area (Å²) in [5.41, 5.74) is 1.07. The van der Waals surface area contributed by atoms with Gasteiger partial charge in [0, 0.05) is 68.7 Å². The number of aromatic hydroxyl groups is 2. The number of benzene rings is 4. The molecule has 15 heteroatoms. The van der Waals surface area contributed by atoms with Crippen molar-refractivity contribution >= 4 is 49.6 Å². The average molecular weight is 865 g/mol. The van der Waals surface area contributed by atoms with E-state index in [1.54, 1.807) is 61.7 Å². The number of hydrogen-bond acceptors (Lipinski definition) is 9. The second kappa shape index (κ2) is 23.5. The van der Waals surface area contributed by atoms with Crippen LogP contribution in [0.1, 0.15) is 45.7 Å². The van der Waals surface area contributed by atoms with Crippen molar-refractivity contribution in [3.63, 3.8) is 0 Å². The summed E-state index contributed by atoms with van der Waals surface area (Å²) < 4.78 is 0. The molecular weight excluding hydrogens is 820 g/mol. The topological polar surface area (TPSA) is 220 Å². The fraction of sp³-hybridized carbons (Fsp3) is 0.214. The Hall–Kier alpha value is -5.56. The number of fused-ring (bicyclic) bond motifs is 6. The summed E-state index contributed by atoms with van der Waals surface area (Å²) >= 11 is 0. The Morgan fingerprint density at radius 3 is 1.53 bits per heavy atom. The minimum Gasteiger partial charge on any atom is -0.687 e. The first-order chi connectivity index (χ1) is 26.0. The standard InChI is InChI=1S/C33H30N4O4.C5H6N.C2H6O2.C2H4O2.2Co/c1-19-13-23-30(39)24(14-19)32(41)37-28-12-8-6-10-26(28)35-18-21-16-22(33(2,3)4)15-20(29(21)38)17-34-25-9-5-7-11-27(25)36-31(23)40;1-2-4-6-5-3-1;2*1-2(3)4;;/h5-18H,1-4H3,(H4,34,35,36,37,38,39,40,41);1-4H,5H2;2-4H,1H3;1H3,(H,3,4);;/q;-1;;;;+2/p-2. The number of carbonyl (C=O) groups is 1. The number of nitrogens with zero attached hydrogens (tertiary/aromatic N) is 5. The van der Waals surface area contributed by atoms with Gasteiger partial charge in [-0.05, 0) is 66.8 Å². The maximum absolute atomic E-state index is 13.3. The van der Waals surface area contributed by atoms with Crippen LogP contribution in [0.2, 0.25) is 0 Å². The zero-order valence-corrected chi connectivity index (χ0v) is 34.1. The van der Waals surface area contributed by atoms with Gasteiger partial charge in [0.05, 0.1) is 11.1 Å². The Morgan fingerprint density at radius 2 is 1.19 bits per heavy atom. The number of aryl methyl sites for hydroxylation is 1. The Kier molecular flexibility index (Phi) is 20.4. The van der Waals surface area contributed by atoms with E-state index in [-0.39, 0.29) is 66.5 Å². The third kappa shape index (κ3) is 15.8. The van der Waals surface area contributed by atoms with E-state index >= 15 is 0 Å². The van der Waals surface area contributed by atoms with Crippen LogP contribution >= 0.6 is 0 Å². The number of aliphatic carboxylic acids is 1. The number of allylic oxidation sites excluding steroid dienone is 2. The van der Waals surface area contributed by atoms with Gasteiger partial charge in [0.1, 0.15) is 17.8 Å². The van der Waals surface area contributed by atoms with Gasteiger partial charge in [-0.25, -0.2) is 0 Å². The predicted octanol–water partition coefficient (Wildman–Crippen LogP) is 6.40. The molecule has 57 heavy (non-hydrogen) atoms. The average Bonchev–Trinajstić information content (AvgIpc) is 3.12. The molecule has 1 aliphatic heterocycles. The molecule has 304 valence electrons. The first-order valence-corrected chi connectivity index (χ1v) is 17.0. The molecule has 4 aromatic carbocycles. The van der Waals surface area contributed by atoms with Crippen molar-refractivity contribution in [2.45, 2.75) is 53.2 Å². The number of phenols is 2. The first kappa shape index (κ1) is 49.5. The molecule has 6 rings (SSSR count). The number of aromatic nitrogens is 4. The number of aliphatic hydroxyl groups is 2. The van der Waals surface area contributed by atoms with Gasteiger partial charge >= 0.3 is 16.8 Å². The monoisotopic (exact) mass is 864 g/mol. The van der Waals surface area contributed by atoms with Crippen LogP contribution in [0.15, 0.2) is 119 Å². The van der Waals surface area contributed by atoms with Crippen LogP contribution in [0.5, 0.6) is 11.5 Å². The molecule has 0 amide bonds. The molecule has 13 nitrogen and oxygen atoms in total. The van der Waals surface area contributed by atoms with Crippen LogP contribution in [0.4, 0.5) is 0 Å². The van der Waals surface area contributed by atoms with Gasteiger partial charge in [-0.3, -0.25) is 14.8 Å². The third-order valence-corrected chi connectivity index (χ3v) is 7.29. The number of rotatable bonds is 0. The van der Waals surface area contributed by atoms with Crippen LogP contribution in [0, 0.1) is 6.92 Å². The second-order valence-electron chi connectivity index (χ2n) is 13.1. The summed E-state index contributed by atoms with van der Waals surface area (Å²) in [6.07, 6.45) is 9.61. The Labute approximate surface area is 350 Å². The molecule has 4 bridgehead atoms. The van der Waals surface area contributed by atoms with E-state index in [4.69, 9.17) is 20.1 Å². The van der Waals surface area contributed by atoms with E-state index in [9.17, 15) is 19.8 Å². The summed E-state index contributed by atoms with van der Waals surface area (Å²) in [6, 6.07) is 20.2. The van der Waals surface area contributed by atoms with Gasteiger partial charge in [0.15, 0.2) is 0 Å². The Balaban J connectivity index is 0.000000867. The molecule has 0 unspecified atom stereocenters. The first-order valence-electron chi connectivity index (χ1n) is 17.0. The smallest absolute Gasteiger partial charge is 0.687 e. The van der Waals surface area contributed by atoms with E-state index in [2.05, 4.69) is 46.0 Å². The Morgan fingerprint density at radius 1 is 0.772 bits per heavy atom. The molecule has 1 aromatic heterocycles. The zero-order valence-electron chi connectivity index (χ0n) is 32.0. The molecule has 0 saturated heterocycles. The van der Waals surface area contributed by atoms with Gasteiger partial charge in [-0.15, -0.1) is 23.7 Å². The number of carboxylic acid groups (broad SMARTS) is 1. The summed E-state index contributed by atoms with van der Waals surface area (Å²) in [5, 5.41) is 49.3. The summed E-state index contributed by atoms with van der Waals surface area (Å²) in [5.74, 6) is -1.37. The fourth-order valence-corrected chi connectivity index (χ4v) is 4.74.